The van der Waals surface area contributed by atoms with Crippen LogP contribution in [0, 0.1) is 11.6 Å². The van der Waals surface area contributed by atoms with Gasteiger partial charge in [0.05, 0.1) is 6.61 Å². The van der Waals surface area contributed by atoms with Crippen LogP contribution in [-0.2, 0) is 13.0 Å². The quantitative estimate of drug-likeness (QED) is 0.711. The van der Waals surface area contributed by atoms with Gasteiger partial charge in [0.2, 0.25) is 5.82 Å². The molecule has 0 N–H and O–H groups in total. The zero-order valence-electron chi connectivity index (χ0n) is 10.8. The third-order valence-corrected chi connectivity index (χ3v) is 3.84. The minimum atomic E-state index is -1.02. The van der Waals surface area contributed by atoms with Crippen LogP contribution < -0.4 is 9.47 Å². The number of benzene rings is 2. The molecule has 0 bridgehead atoms. The van der Waals surface area contributed by atoms with Gasteiger partial charge in [0, 0.05) is 21.5 Å². The van der Waals surface area contributed by atoms with E-state index in [-0.39, 0.29) is 12.4 Å². The molecular weight excluding hydrogens is 366 g/mol. The molecule has 6 heteroatoms. The fourth-order valence-corrected chi connectivity index (χ4v) is 2.92. The lowest BCUT2D eigenvalue weighted by Crippen LogP contribution is -2.01. The van der Waals surface area contributed by atoms with E-state index in [0.29, 0.717) is 16.1 Å². The molecule has 0 fully saturated rings. The Hall–Kier alpha value is -1.33. The highest BCUT2D eigenvalue weighted by Crippen LogP contribution is 2.34. The molecule has 110 valence electrons. The van der Waals surface area contributed by atoms with Gasteiger partial charge in [-0.2, -0.15) is 4.39 Å². The van der Waals surface area contributed by atoms with Gasteiger partial charge in [0.25, 0.3) is 0 Å². The van der Waals surface area contributed by atoms with Crippen molar-refractivity contribution in [2.45, 2.75) is 13.0 Å². The van der Waals surface area contributed by atoms with E-state index in [1.54, 1.807) is 6.07 Å². The average molecular weight is 376 g/mol. The van der Waals surface area contributed by atoms with Gasteiger partial charge < -0.3 is 9.47 Å². The van der Waals surface area contributed by atoms with Crippen molar-refractivity contribution < 1.29 is 18.3 Å². The Labute approximate surface area is 133 Å². The Kier molecular flexibility index (Phi) is 4.04. The van der Waals surface area contributed by atoms with Gasteiger partial charge in [-0.25, -0.2) is 4.39 Å². The minimum absolute atomic E-state index is 0.0513. The number of rotatable bonds is 3. The summed E-state index contributed by atoms with van der Waals surface area (Å²) in [4.78, 5) is 0. The fraction of sp³-hybridized carbons (Fsp3) is 0.200. The van der Waals surface area contributed by atoms with Crippen molar-refractivity contribution in [3.63, 3.8) is 0 Å². The number of ether oxygens (including phenoxy) is 2. The van der Waals surface area contributed by atoms with E-state index in [2.05, 4.69) is 15.9 Å². The summed E-state index contributed by atoms with van der Waals surface area (Å²) in [6.45, 7) is 0.637. The molecule has 2 aromatic rings. The zero-order valence-corrected chi connectivity index (χ0v) is 13.1. The Morgan fingerprint density at radius 3 is 2.86 bits per heavy atom. The smallest absolute Gasteiger partial charge is 0.200 e. The highest BCUT2D eigenvalue weighted by Gasteiger charge is 2.19. The average Bonchev–Trinajstić information content (AvgIpc) is 2.88. The molecule has 0 aromatic heterocycles. The van der Waals surface area contributed by atoms with Crippen LogP contribution in [0.2, 0.25) is 5.02 Å². The van der Waals surface area contributed by atoms with Gasteiger partial charge in [0.1, 0.15) is 12.4 Å². The number of hydrogen-bond acceptors (Lipinski definition) is 2. The first-order valence-electron chi connectivity index (χ1n) is 6.26. The predicted molar refractivity (Wildman–Crippen MR) is 79.0 cm³/mol. The summed E-state index contributed by atoms with van der Waals surface area (Å²) in [6, 6.07) is 5.97. The van der Waals surface area contributed by atoms with E-state index in [9.17, 15) is 8.78 Å². The molecule has 0 saturated heterocycles. The normalized spacial score (nSPS) is 13.0. The van der Waals surface area contributed by atoms with Gasteiger partial charge in [-0.05, 0) is 29.8 Å². The van der Waals surface area contributed by atoms with E-state index in [1.807, 2.05) is 6.07 Å². The molecule has 0 unspecified atom stereocenters. The molecule has 0 aliphatic carbocycles. The number of halogens is 4. The fourth-order valence-electron chi connectivity index (χ4n) is 2.25. The molecule has 1 aliphatic heterocycles. The van der Waals surface area contributed by atoms with Crippen molar-refractivity contribution >= 4 is 27.5 Å². The molecule has 0 atom stereocenters. The summed E-state index contributed by atoms with van der Waals surface area (Å²) in [6.07, 6.45) is 0.781. The van der Waals surface area contributed by atoms with E-state index >= 15 is 0 Å². The lowest BCUT2D eigenvalue weighted by molar-refractivity contribution is 0.274. The van der Waals surface area contributed by atoms with E-state index in [4.69, 9.17) is 21.1 Å². The van der Waals surface area contributed by atoms with Crippen molar-refractivity contribution in [3.8, 4) is 11.5 Å². The van der Waals surface area contributed by atoms with Crippen LogP contribution in [0.25, 0.3) is 0 Å². The SMILES string of the molecule is Fc1cc(Br)cc(OCc2cc(Cl)cc3c2OCC3)c1F. The molecular formula is C15H10BrClF2O2. The van der Waals surface area contributed by atoms with Crippen molar-refractivity contribution in [2.24, 2.45) is 0 Å². The Morgan fingerprint density at radius 2 is 2.05 bits per heavy atom. The molecule has 3 rings (SSSR count). The highest BCUT2D eigenvalue weighted by atomic mass is 79.9. The third kappa shape index (κ3) is 2.99. The van der Waals surface area contributed by atoms with Gasteiger partial charge in [-0.1, -0.05) is 27.5 Å². The summed E-state index contributed by atoms with van der Waals surface area (Å²) >= 11 is 9.14. The maximum atomic E-state index is 13.7. The largest absolute Gasteiger partial charge is 0.493 e. The van der Waals surface area contributed by atoms with Crippen molar-refractivity contribution in [1.82, 2.24) is 0 Å². The van der Waals surface area contributed by atoms with Crippen molar-refractivity contribution in [2.75, 3.05) is 6.61 Å². The third-order valence-electron chi connectivity index (χ3n) is 3.17. The minimum Gasteiger partial charge on any atom is -0.493 e. The van der Waals surface area contributed by atoms with Crippen LogP contribution in [-0.4, -0.2) is 6.61 Å². The molecule has 2 aromatic carbocycles. The first-order chi connectivity index (χ1) is 10.0. The molecule has 21 heavy (non-hydrogen) atoms. The Balaban J connectivity index is 1.86. The summed E-state index contributed by atoms with van der Waals surface area (Å²) in [5.74, 6) is -1.42. The van der Waals surface area contributed by atoms with Crippen LogP contribution >= 0.6 is 27.5 Å². The topological polar surface area (TPSA) is 18.5 Å². The van der Waals surface area contributed by atoms with E-state index < -0.39 is 11.6 Å². The lowest BCUT2D eigenvalue weighted by atomic mass is 10.1. The van der Waals surface area contributed by atoms with Crippen LogP contribution in [0.1, 0.15) is 11.1 Å². The summed E-state index contributed by atoms with van der Waals surface area (Å²) in [5.41, 5.74) is 1.72. The second-order valence-corrected chi connectivity index (χ2v) is 5.99. The Morgan fingerprint density at radius 1 is 1.24 bits per heavy atom. The standard InChI is InChI=1S/C15H10BrClF2O2/c16-10-5-12(18)14(19)13(6-10)21-7-9-4-11(17)3-8-1-2-20-15(8)9/h3-6H,1-2,7H2. The lowest BCUT2D eigenvalue weighted by Gasteiger charge is -2.12. The van der Waals surface area contributed by atoms with Crippen LogP contribution in [0.4, 0.5) is 8.78 Å². The monoisotopic (exact) mass is 374 g/mol. The van der Waals surface area contributed by atoms with Gasteiger partial charge in [-0.3, -0.25) is 0 Å². The summed E-state index contributed by atoms with van der Waals surface area (Å²) < 4.78 is 38.3. The summed E-state index contributed by atoms with van der Waals surface area (Å²) in [5, 5.41) is 0.568. The molecule has 1 heterocycles. The Bertz CT molecular complexity index is 707. The number of fused-ring (bicyclic) bond motifs is 1. The van der Waals surface area contributed by atoms with Crippen molar-refractivity contribution in [3.05, 3.63) is 56.5 Å². The molecule has 0 saturated carbocycles. The maximum absolute atomic E-state index is 13.7. The van der Waals surface area contributed by atoms with Crippen LogP contribution in [0.15, 0.2) is 28.7 Å². The second-order valence-electron chi connectivity index (χ2n) is 4.64. The molecule has 0 radical (unpaired) electrons. The predicted octanol–water partition coefficient (Wildman–Crippen LogP) is 4.89. The second kappa shape index (κ2) is 5.81. The van der Waals surface area contributed by atoms with Crippen LogP contribution in [0.3, 0.4) is 0 Å². The van der Waals surface area contributed by atoms with E-state index in [0.717, 1.165) is 29.4 Å². The van der Waals surface area contributed by atoms with Crippen molar-refractivity contribution in [1.29, 1.82) is 0 Å². The molecule has 0 amide bonds. The van der Waals surface area contributed by atoms with Gasteiger partial charge in [0.15, 0.2) is 11.6 Å². The first kappa shape index (κ1) is 14.6. The maximum Gasteiger partial charge on any atom is 0.200 e. The van der Waals surface area contributed by atoms with Crippen LogP contribution in [0.5, 0.6) is 11.5 Å². The molecule has 2 nitrogen and oxygen atoms in total. The summed E-state index contributed by atoms with van der Waals surface area (Å²) in [7, 11) is 0. The highest BCUT2D eigenvalue weighted by molar-refractivity contribution is 9.10. The van der Waals surface area contributed by atoms with Gasteiger partial charge in [-0.15, -0.1) is 0 Å². The first-order valence-corrected chi connectivity index (χ1v) is 7.43. The number of hydrogen-bond donors (Lipinski definition) is 0. The molecule has 0 spiro atoms. The molecule has 1 aliphatic rings. The zero-order chi connectivity index (χ0) is 15.0. The van der Waals surface area contributed by atoms with E-state index in [1.165, 1.54) is 6.07 Å². The van der Waals surface area contributed by atoms with Gasteiger partial charge >= 0.3 is 0 Å².